The summed E-state index contributed by atoms with van der Waals surface area (Å²) in [5.74, 6) is -2.09. The Bertz CT molecular complexity index is 645. The Balaban J connectivity index is 2.32. The van der Waals surface area contributed by atoms with Crippen LogP contribution < -0.4 is 0 Å². The summed E-state index contributed by atoms with van der Waals surface area (Å²) in [7, 11) is 0. The number of ether oxygens (including phenoxy) is 2. The van der Waals surface area contributed by atoms with Crippen LogP contribution in [0.15, 0.2) is 36.5 Å². The van der Waals surface area contributed by atoms with Crippen molar-refractivity contribution in [3.8, 4) is 0 Å². The van der Waals surface area contributed by atoms with Crippen molar-refractivity contribution in [1.82, 2.24) is 4.98 Å². The number of nitrogens with zero attached hydrogens (tertiary/aromatic N) is 1. The summed E-state index contributed by atoms with van der Waals surface area (Å²) in [6.45, 7) is 3.87. The van der Waals surface area contributed by atoms with Gasteiger partial charge in [0.2, 0.25) is 0 Å². The molecule has 0 amide bonds. The molecule has 0 saturated heterocycles. The van der Waals surface area contributed by atoms with Crippen LogP contribution in [0.4, 0.5) is 0 Å². The largest absolute Gasteiger partial charge is 0.465 e. The fraction of sp³-hybridized carbons (Fsp3) is 0.353. The normalized spacial score (nSPS) is 10.7. The number of hydrogen-bond acceptors (Lipinski definition) is 5. The number of hydrogen-bond donors (Lipinski definition) is 0. The molecule has 0 bridgehead atoms. The molecule has 2 rings (SSSR count). The van der Waals surface area contributed by atoms with Crippen LogP contribution in [-0.4, -0.2) is 30.1 Å². The van der Waals surface area contributed by atoms with Gasteiger partial charge in [-0.1, -0.05) is 24.3 Å². The first kappa shape index (κ1) is 15.9. The Hall–Kier alpha value is -2.43. The number of carbonyl (C=O) groups is 2. The third-order valence-electron chi connectivity index (χ3n) is 3.28. The van der Waals surface area contributed by atoms with Crippen molar-refractivity contribution in [1.29, 1.82) is 0 Å². The lowest BCUT2D eigenvalue weighted by Gasteiger charge is -2.15. The predicted molar refractivity (Wildman–Crippen MR) is 82.2 cm³/mol. The minimum atomic E-state index is -0.965. The van der Waals surface area contributed by atoms with Crippen molar-refractivity contribution in [2.75, 3.05) is 13.2 Å². The van der Waals surface area contributed by atoms with E-state index in [4.69, 9.17) is 9.47 Å². The van der Waals surface area contributed by atoms with Crippen LogP contribution >= 0.6 is 0 Å². The number of fused-ring (bicyclic) bond motifs is 1. The molecule has 5 nitrogen and oxygen atoms in total. The first-order valence-electron chi connectivity index (χ1n) is 7.33. The predicted octanol–water partition coefficient (Wildman–Crippen LogP) is 2.52. The van der Waals surface area contributed by atoms with Crippen LogP contribution in [0.3, 0.4) is 0 Å². The Morgan fingerprint density at radius 3 is 2.32 bits per heavy atom. The third-order valence-corrected chi connectivity index (χ3v) is 3.28. The zero-order chi connectivity index (χ0) is 15.9. The quantitative estimate of drug-likeness (QED) is 0.606. The molecule has 0 aliphatic heterocycles. The van der Waals surface area contributed by atoms with Gasteiger partial charge >= 0.3 is 11.9 Å². The second-order valence-corrected chi connectivity index (χ2v) is 4.75. The van der Waals surface area contributed by atoms with E-state index in [1.807, 2.05) is 30.3 Å². The van der Waals surface area contributed by atoms with Gasteiger partial charge < -0.3 is 9.47 Å². The molecule has 22 heavy (non-hydrogen) atoms. The first-order chi connectivity index (χ1) is 10.7. The van der Waals surface area contributed by atoms with E-state index in [2.05, 4.69) is 4.98 Å². The molecule has 0 spiro atoms. The first-order valence-corrected chi connectivity index (χ1v) is 7.33. The molecule has 0 atom stereocenters. The summed E-state index contributed by atoms with van der Waals surface area (Å²) in [6, 6.07) is 9.47. The highest BCUT2D eigenvalue weighted by Gasteiger charge is 2.30. The number of esters is 2. The summed E-state index contributed by atoms with van der Waals surface area (Å²) in [6.07, 6.45) is 1.90. The van der Waals surface area contributed by atoms with Crippen molar-refractivity contribution >= 4 is 22.8 Å². The van der Waals surface area contributed by atoms with E-state index in [0.717, 1.165) is 16.5 Å². The molecule has 1 heterocycles. The maximum atomic E-state index is 12.1. The van der Waals surface area contributed by atoms with Crippen molar-refractivity contribution < 1.29 is 19.1 Å². The third kappa shape index (κ3) is 3.61. The van der Waals surface area contributed by atoms with E-state index in [-0.39, 0.29) is 19.6 Å². The maximum absolute atomic E-state index is 12.1. The fourth-order valence-electron chi connectivity index (χ4n) is 2.30. The Morgan fingerprint density at radius 1 is 1.05 bits per heavy atom. The van der Waals surface area contributed by atoms with Gasteiger partial charge in [0, 0.05) is 11.6 Å². The van der Waals surface area contributed by atoms with Crippen molar-refractivity contribution in [3.05, 3.63) is 42.1 Å². The lowest BCUT2D eigenvalue weighted by Crippen LogP contribution is -2.30. The standard InChI is InChI=1S/C17H19NO4/c1-3-21-16(19)14(17(20)22-4-2)11-13-8-5-7-12-9-6-10-18-15(12)13/h5-10,14H,3-4,11H2,1-2H3. The Morgan fingerprint density at radius 2 is 1.68 bits per heavy atom. The summed E-state index contributed by atoms with van der Waals surface area (Å²) < 4.78 is 9.99. The minimum absolute atomic E-state index is 0.214. The van der Waals surface area contributed by atoms with Crippen molar-refractivity contribution in [3.63, 3.8) is 0 Å². The average molecular weight is 301 g/mol. The maximum Gasteiger partial charge on any atom is 0.320 e. The van der Waals surface area contributed by atoms with Crippen molar-refractivity contribution in [2.45, 2.75) is 20.3 Å². The Labute approximate surface area is 129 Å². The molecule has 0 unspecified atom stereocenters. The number of para-hydroxylation sites is 1. The van der Waals surface area contributed by atoms with Crippen molar-refractivity contribution in [2.24, 2.45) is 5.92 Å². The van der Waals surface area contributed by atoms with Gasteiger partial charge in [-0.2, -0.15) is 0 Å². The van der Waals surface area contributed by atoms with E-state index >= 15 is 0 Å². The summed E-state index contributed by atoms with van der Waals surface area (Å²) >= 11 is 0. The summed E-state index contributed by atoms with van der Waals surface area (Å²) in [5, 5.41) is 0.964. The number of pyridine rings is 1. The molecule has 2 aromatic rings. The lowest BCUT2D eigenvalue weighted by molar-refractivity contribution is -0.161. The van der Waals surface area contributed by atoms with Gasteiger partial charge in [-0.05, 0) is 31.9 Å². The molecule has 0 aliphatic rings. The monoisotopic (exact) mass is 301 g/mol. The fourth-order valence-corrected chi connectivity index (χ4v) is 2.30. The summed E-state index contributed by atoms with van der Waals surface area (Å²) in [4.78, 5) is 28.5. The molecule has 0 N–H and O–H groups in total. The van der Waals surface area contributed by atoms with Gasteiger partial charge in [-0.25, -0.2) is 0 Å². The highest BCUT2D eigenvalue weighted by molar-refractivity contribution is 5.96. The van der Waals surface area contributed by atoms with Gasteiger partial charge in [0.25, 0.3) is 0 Å². The smallest absolute Gasteiger partial charge is 0.320 e. The van der Waals surface area contributed by atoms with Gasteiger partial charge in [-0.15, -0.1) is 0 Å². The topological polar surface area (TPSA) is 65.5 Å². The lowest BCUT2D eigenvalue weighted by atomic mass is 9.97. The van der Waals surface area contributed by atoms with Crippen LogP contribution in [0.2, 0.25) is 0 Å². The van der Waals surface area contributed by atoms with Gasteiger partial charge in [0.15, 0.2) is 5.92 Å². The molecule has 0 aliphatic carbocycles. The van der Waals surface area contributed by atoms with Crippen LogP contribution in [0, 0.1) is 5.92 Å². The SMILES string of the molecule is CCOC(=O)C(Cc1cccc2cccnc12)C(=O)OCC. The van der Waals surface area contributed by atoms with Crippen LogP contribution in [0.5, 0.6) is 0 Å². The highest BCUT2D eigenvalue weighted by Crippen LogP contribution is 2.20. The minimum Gasteiger partial charge on any atom is -0.465 e. The second-order valence-electron chi connectivity index (χ2n) is 4.75. The zero-order valence-corrected chi connectivity index (χ0v) is 12.7. The molecule has 0 saturated carbocycles. The number of carbonyl (C=O) groups excluding carboxylic acids is 2. The molecule has 0 fully saturated rings. The zero-order valence-electron chi connectivity index (χ0n) is 12.7. The van der Waals surface area contributed by atoms with E-state index < -0.39 is 17.9 Å². The Kier molecular flexibility index (Phi) is 5.47. The molecule has 1 aromatic heterocycles. The number of rotatable bonds is 6. The average Bonchev–Trinajstić information content (AvgIpc) is 2.53. The van der Waals surface area contributed by atoms with Crippen LogP contribution in [-0.2, 0) is 25.5 Å². The molecule has 5 heteroatoms. The molecule has 116 valence electrons. The van der Waals surface area contributed by atoms with Gasteiger partial charge in [-0.3, -0.25) is 14.6 Å². The van der Waals surface area contributed by atoms with E-state index in [9.17, 15) is 9.59 Å². The summed E-state index contributed by atoms with van der Waals surface area (Å²) in [5.41, 5.74) is 1.60. The number of benzene rings is 1. The molecule has 0 radical (unpaired) electrons. The molecular weight excluding hydrogens is 282 g/mol. The van der Waals surface area contributed by atoms with Gasteiger partial charge in [0.05, 0.1) is 18.7 Å². The van der Waals surface area contributed by atoms with E-state index in [0.29, 0.717) is 0 Å². The highest BCUT2D eigenvalue weighted by atomic mass is 16.6. The number of aromatic nitrogens is 1. The second kappa shape index (κ2) is 7.54. The van der Waals surface area contributed by atoms with Crippen LogP contribution in [0.1, 0.15) is 19.4 Å². The van der Waals surface area contributed by atoms with Crippen LogP contribution in [0.25, 0.3) is 10.9 Å². The van der Waals surface area contributed by atoms with E-state index in [1.165, 1.54) is 0 Å². The molecule has 1 aromatic carbocycles. The van der Waals surface area contributed by atoms with E-state index in [1.54, 1.807) is 20.0 Å². The molecular formula is C17H19NO4. The van der Waals surface area contributed by atoms with Gasteiger partial charge in [0.1, 0.15) is 0 Å².